The van der Waals surface area contributed by atoms with Crippen molar-refractivity contribution in [3.05, 3.63) is 18.1 Å². The Morgan fingerprint density at radius 2 is 2.15 bits per heavy atom. The second-order valence-corrected chi connectivity index (χ2v) is 6.19. The summed E-state index contributed by atoms with van der Waals surface area (Å²) in [7, 11) is 4.33. The van der Waals surface area contributed by atoms with Crippen LogP contribution in [0.5, 0.6) is 0 Å². The molecule has 1 aromatic rings. The molecule has 1 aliphatic heterocycles. The fraction of sp³-hybridized carbons (Fsp3) is 0.733. The molecule has 2 heterocycles. The summed E-state index contributed by atoms with van der Waals surface area (Å²) in [4.78, 5) is 13.8. The molecule has 2 fully saturated rings. The highest BCUT2D eigenvalue weighted by Gasteiger charge is 2.22. The van der Waals surface area contributed by atoms with Crippen LogP contribution >= 0.6 is 0 Å². The molecule has 1 N–H and O–H groups in total. The van der Waals surface area contributed by atoms with E-state index in [-0.39, 0.29) is 0 Å². The van der Waals surface area contributed by atoms with Gasteiger partial charge in [0.15, 0.2) is 0 Å². The number of piperidine rings is 1. The average molecular weight is 275 g/mol. The number of anilines is 1. The van der Waals surface area contributed by atoms with Gasteiger partial charge in [-0.15, -0.1) is 0 Å². The molecule has 5 nitrogen and oxygen atoms in total. The van der Waals surface area contributed by atoms with Gasteiger partial charge in [0.2, 0.25) is 0 Å². The highest BCUT2D eigenvalue weighted by atomic mass is 15.2. The van der Waals surface area contributed by atoms with Crippen molar-refractivity contribution >= 4 is 5.82 Å². The zero-order chi connectivity index (χ0) is 13.9. The van der Waals surface area contributed by atoms with E-state index in [2.05, 4.69) is 39.2 Å². The highest BCUT2D eigenvalue weighted by Crippen LogP contribution is 2.20. The minimum absolute atomic E-state index is 0.554. The summed E-state index contributed by atoms with van der Waals surface area (Å²) in [5.41, 5.74) is 1.04. The molecule has 1 unspecified atom stereocenters. The predicted octanol–water partition coefficient (Wildman–Crippen LogP) is 1.26. The molecule has 2 aliphatic rings. The summed E-state index contributed by atoms with van der Waals surface area (Å²) < 4.78 is 0. The zero-order valence-corrected chi connectivity index (χ0v) is 12.5. The maximum absolute atomic E-state index is 4.58. The van der Waals surface area contributed by atoms with E-state index in [0.717, 1.165) is 30.6 Å². The van der Waals surface area contributed by atoms with Gasteiger partial charge in [0, 0.05) is 32.2 Å². The first-order valence-corrected chi connectivity index (χ1v) is 7.68. The monoisotopic (exact) mass is 275 g/mol. The van der Waals surface area contributed by atoms with Crippen LogP contribution in [-0.4, -0.2) is 54.1 Å². The van der Waals surface area contributed by atoms with Gasteiger partial charge in [-0.3, -0.25) is 4.98 Å². The molecule has 0 radical (unpaired) electrons. The summed E-state index contributed by atoms with van der Waals surface area (Å²) in [5, 5.41) is 3.47. The van der Waals surface area contributed by atoms with Gasteiger partial charge in [0.1, 0.15) is 5.82 Å². The van der Waals surface area contributed by atoms with Crippen LogP contribution in [0.2, 0.25) is 0 Å². The third kappa shape index (κ3) is 3.46. The van der Waals surface area contributed by atoms with Gasteiger partial charge < -0.3 is 15.1 Å². The van der Waals surface area contributed by atoms with Gasteiger partial charge >= 0.3 is 0 Å². The second-order valence-electron chi connectivity index (χ2n) is 6.19. The average Bonchev–Trinajstić information content (AvgIpc) is 3.29. The molecule has 3 rings (SSSR count). The molecule has 0 spiro atoms. The lowest BCUT2D eigenvalue weighted by atomic mass is 10.1. The van der Waals surface area contributed by atoms with Crippen LogP contribution in [0.1, 0.15) is 31.4 Å². The van der Waals surface area contributed by atoms with Crippen LogP contribution in [0.25, 0.3) is 0 Å². The van der Waals surface area contributed by atoms with Gasteiger partial charge in [-0.25, -0.2) is 4.98 Å². The molecule has 1 aromatic heterocycles. The third-order valence-corrected chi connectivity index (χ3v) is 4.35. The summed E-state index contributed by atoms with van der Waals surface area (Å²) in [6, 6.07) is 1.27. The number of hydrogen-bond donors (Lipinski definition) is 1. The van der Waals surface area contributed by atoms with E-state index in [1.54, 1.807) is 0 Å². The van der Waals surface area contributed by atoms with E-state index in [9.17, 15) is 0 Å². The lowest BCUT2D eigenvalue weighted by Gasteiger charge is -2.36. The first kappa shape index (κ1) is 13.8. The van der Waals surface area contributed by atoms with Gasteiger partial charge in [0.05, 0.1) is 18.1 Å². The van der Waals surface area contributed by atoms with Crippen LogP contribution in [0.4, 0.5) is 5.82 Å². The number of likely N-dealkylation sites (tertiary alicyclic amines) is 1. The number of aromatic nitrogens is 2. The Labute approximate surface area is 121 Å². The molecule has 0 aromatic carbocycles. The van der Waals surface area contributed by atoms with Crippen molar-refractivity contribution in [1.29, 1.82) is 0 Å². The lowest BCUT2D eigenvalue weighted by molar-refractivity contribution is 0.247. The maximum atomic E-state index is 4.58. The largest absolute Gasteiger partial charge is 0.354 e. The molecule has 5 heteroatoms. The Morgan fingerprint density at radius 1 is 1.30 bits per heavy atom. The van der Waals surface area contributed by atoms with Crippen LogP contribution in [0, 0.1) is 0 Å². The fourth-order valence-corrected chi connectivity index (χ4v) is 2.80. The molecule has 0 amide bonds. The topological polar surface area (TPSA) is 44.3 Å². The highest BCUT2D eigenvalue weighted by molar-refractivity contribution is 5.36. The predicted molar refractivity (Wildman–Crippen MR) is 80.8 cm³/mol. The Hall–Kier alpha value is -1.20. The quantitative estimate of drug-likeness (QED) is 0.876. The maximum Gasteiger partial charge on any atom is 0.147 e. The van der Waals surface area contributed by atoms with E-state index < -0.39 is 0 Å². The molecule has 1 atom stereocenters. The standard InChI is InChI=1S/C15H25N5/c1-19-7-3-4-14(11-19)20(2)15-10-17-13(9-18-15)8-16-12-5-6-12/h9-10,12,14,16H,3-8,11H2,1-2H3. The van der Waals surface area contributed by atoms with Crippen LogP contribution in [-0.2, 0) is 6.54 Å². The Bertz CT molecular complexity index is 428. The molecular weight excluding hydrogens is 250 g/mol. The van der Waals surface area contributed by atoms with E-state index >= 15 is 0 Å². The van der Waals surface area contributed by atoms with Gasteiger partial charge in [-0.2, -0.15) is 0 Å². The van der Waals surface area contributed by atoms with Crippen molar-refractivity contribution < 1.29 is 0 Å². The van der Waals surface area contributed by atoms with Gasteiger partial charge in [-0.05, 0) is 39.3 Å². The molecule has 1 aliphatic carbocycles. The lowest BCUT2D eigenvalue weighted by Crippen LogP contribution is -2.45. The van der Waals surface area contributed by atoms with Gasteiger partial charge in [0.25, 0.3) is 0 Å². The SMILES string of the molecule is CN1CCCC(N(C)c2cnc(CNC3CC3)cn2)C1. The van der Waals surface area contributed by atoms with Crippen LogP contribution < -0.4 is 10.2 Å². The summed E-state index contributed by atoms with van der Waals surface area (Å²) >= 11 is 0. The van der Waals surface area contributed by atoms with Crippen molar-refractivity contribution in [1.82, 2.24) is 20.2 Å². The van der Waals surface area contributed by atoms with E-state index in [4.69, 9.17) is 0 Å². The number of nitrogens with zero attached hydrogens (tertiary/aromatic N) is 4. The molecule has 0 bridgehead atoms. The summed E-state index contributed by atoms with van der Waals surface area (Å²) in [6.07, 6.45) is 8.95. The Balaban J connectivity index is 1.57. The number of nitrogens with one attached hydrogen (secondary N) is 1. The number of likely N-dealkylation sites (N-methyl/N-ethyl adjacent to an activating group) is 2. The van der Waals surface area contributed by atoms with Crippen LogP contribution in [0.3, 0.4) is 0 Å². The first-order chi connectivity index (χ1) is 9.72. The summed E-state index contributed by atoms with van der Waals surface area (Å²) in [5.74, 6) is 0.987. The third-order valence-electron chi connectivity index (χ3n) is 4.35. The minimum Gasteiger partial charge on any atom is -0.354 e. The van der Waals surface area contributed by atoms with E-state index in [1.807, 2.05) is 12.4 Å². The van der Waals surface area contributed by atoms with Gasteiger partial charge in [-0.1, -0.05) is 0 Å². The van der Waals surface area contributed by atoms with Crippen molar-refractivity contribution in [2.24, 2.45) is 0 Å². The Morgan fingerprint density at radius 3 is 2.80 bits per heavy atom. The molecule has 20 heavy (non-hydrogen) atoms. The first-order valence-electron chi connectivity index (χ1n) is 7.68. The molecular formula is C15H25N5. The number of rotatable bonds is 5. The zero-order valence-electron chi connectivity index (χ0n) is 12.5. The van der Waals surface area contributed by atoms with Crippen molar-refractivity contribution in [3.63, 3.8) is 0 Å². The molecule has 1 saturated heterocycles. The molecule has 1 saturated carbocycles. The van der Waals surface area contributed by atoms with E-state index in [1.165, 1.54) is 32.2 Å². The molecule has 110 valence electrons. The van der Waals surface area contributed by atoms with Crippen molar-refractivity contribution in [2.75, 3.05) is 32.1 Å². The smallest absolute Gasteiger partial charge is 0.147 e. The summed E-state index contributed by atoms with van der Waals surface area (Å²) in [6.45, 7) is 3.17. The second kappa shape index (κ2) is 6.06. The van der Waals surface area contributed by atoms with Crippen molar-refractivity contribution in [3.8, 4) is 0 Å². The van der Waals surface area contributed by atoms with Crippen LogP contribution in [0.15, 0.2) is 12.4 Å². The Kier molecular flexibility index (Phi) is 4.17. The van der Waals surface area contributed by atoms with Crippen molar-refractivity contribution in [2.45, 2.75) is 44.3 Å². The van der Waals surface area contributed by atoms with E-state index in [0.29, 0.717) is 6.04 Å². The normalized spacial score (nSPS) is 23.8. The minimum atomic E-state index is 0.554. The number of hydrogen-bond acceptors (Lipinski definition) is 5. The fourth-order valence-electron chi connectivity index (χ4n) is 2.80.